The molecular weight excluding hydrogens is 316 g/mol. The van der Waals surface area contributed by atoms with Crippen LogP contribution < -0.4 is 4.74 Å². The first-order chi connectivity index (χ1) is 12.2. The number of methoxy groups -OCH3 is 2. The lowest BCUT2D eigenvalue weighted by atomic mass is 9.65. The zero-order chi connectivity index (χ0) is 17.1. The molecule has 0 spiro atoms. The van der Waals surface area contributed by atoms with Gasteiger partial charge in [0, 0.05) is 48.1 Å². The maximum atomic E-state index is 12.4. The lowest BCUT2D eigenvalue weighted by molar-refractivity contribution is -0.154. The fourth-order valence-electron chi connectivity index (χ4n) is 5.65. The number of esters is 1. The first kappa shape index (κ1) is 15.3. The Morgan fingerprint density at radius 1 is 1.28 bits per heavy atom. The van der Waals surface area contributed by atoms with Gasteiger partial charge in [-0.1, -0.05) is 0 Å². The Morgan fingerprint density at radius 3 is 2.96 bits per heavy atom. The molecular formula is C20H24N2O3. The Kier molecular flexibility index (Phi) is 3.35. The van der Waals surface area contributed by atoms with E-state index >= 15 is 0 Å². The van der Waals surface area contributed by atoms with Crippen molar-refractivity contribution >= 4 is 16.9 Å². The Hall–Kier alpha value is -2.01. The molecule has 2 saturated heterocycles. The van der Waals surface area contributed by atoms with Gasteiger partial charge in [0.1, 0.15) is 5.75 Å². The molecule has 3 aliphatic heterocycles. The summed E-state index contributed by atoms with van der Waals surface area (Å²) < 4.78 is 10.6. The molecule has 1 N–H and O–H groups in total. The molecule has 6 rings (SSSR count). The van der Waals surface area contributed by atoms with Crippen molar-refractivity contribution in [3.63, 3.8) is 0 Å². The van der Waals surface area contributed by atoms with E-state index in [-0.39, 0.29) is 17.9 Å². The third-order valence-corrected chi connectivity index (χ3v) is 6.56. The third-order valence-electron chi connectivity index (χ3n) is 6.56. The topological polar surface area (TPSA) is 54.6 Å². The van der Waals surface area contributed by atoms with E-state index in [1.165, 1.54) is 35.7 Å². The van der Waals surface area contributed by atoms with Crippen LogP contribution >= 0.6 is 0 Å². The Morgan fingerprint density at radius 2 is 2.16 bits per heavy atom. The lowest BCUT2D eigenvalue weighted by Crippen LogP contribution is -2.58. The van der Waals surface area contributed by atoms with Gasteiger partial charge in [-0.05, 0) is 42.5 Å². The molecule has 1 aromatic heterocycles. The minimum atomic E-state index is -0.0368. The molecule has 5 nitrogen and oxygen atoms in total. The van der Waals surface area contributed by atoms with Gasteiger partial charge in [0.2, 0.25) is 0 Å². The number of hydrogen-bond acceptors (Lipinski definition) is 4. The predicted octanol–water partition coefficient (Wildman–Crippen LogP) is 2.70. The molecule has 0 radical (unpaired) electrons. The molecule has 1 aromatic carbocycles. The average molecular weight is 340 g/mol. The van der Waals surface area contributed by atoms with E-state index in [1.54, 1.807) is 7.11 Å². The SMILES string of the molecule is COC(=O)[C@@H]1C[C@@H]2C[C@H]3c4c([nH]c5ccc(OC)cc45)CCN(C2)[C@@H]13. The van der Waals surface area contributed by atoms with E-state index in [4.69, 9.17) is 9.47 Å². The van der Waals surface area contributed by atoms with Crippen LogP contribution in [-0.2, 0) is 16.0 Å². The summed E-state index contributed by atoms with van der Waals surface area (Å²) in [6.07, 6.45) is 3.16. The van der Waals surface area contributed by atoms with Gasteiger partial charge in [-0.15, -0.1) is 0 Å². The van der Waals surface area contributed by atoms with Crippen molar-refractivity contribution < 1.29 is 14.3 Å². The van der Waals surface area contributed by atoms with Crippen LogP contribution in [0.15, 0.2) is 18.2 Å². The second-order valence-corrected chi connectivity index (χ2v) is 7.74. The molecule has 4 heterocycles. The monoisotopic (exact) mass is 340 g/mol. The van der Waals surface area contributed by atoms with Crippen LogP contribution in [0, 0.1) is 11.8 Å². The van der Waals surface area contributed by atoms with Crippen LogP contribution in [0.4, 0.5) is 0 Å². The first-order valence-corrected chi connectivity index (χ1v) is 9.20. The van der Waals surface area contributed by atoms with Crippen molar-refractivity contribution in [1.29, 1.82) is 0 Å². The van der Waals surface area contributed by atoms with Gasteiger partial charge in [0.05, 0.1) is 20.1 Å². The normalized spacial score (nSPS) is 33.0. The van der Waals surface area contributed by atoms with E-state index in [2.05, 4.69) is 22.0 Å². The maximum absolute atomic E-state index is 12.4. The zero-order valence-corrected chi connectivity index (χ0v) is 14.7. The van der Waals surface area contributed by atoms with E-state index in [0.717, 1.165) is 31.7 Å². The highest BCUT2D eigenvalue weighted by Crippen LogP contribution is 2.51. The van der Waals surface area contributed by atoms with Crippen molar-refractivity contribution in [1.82, 2.24) is 9.88 Å². The number of carbonyl (C=O) groups excluding carboxylic acids is 1. The lowest BCUT2D eigenvalue weighted by Gasteiger charge is -2.52. The van der Waals surface area contributed by atoms with E-state index in [9.17, 15) is 4.79 Å². The number of carbonyl (C=O) groups is 1. The van der Waals surface area contributed by atoms with Crippen LogP contribution in [0.3, 0.4) is 0 Å². The number of nitrogens with one attached hydrogen (secondary N) is 1. The molecule has 0 amide bonds. The molecule has 5 heteroatoms. The second kappa shape index (κ2) is 5.49. The molecule has 4 aliphatic rings. The number of H-pyrrole nitrogens is 1. The van der Waals surface area contributed by atoms with E-state index in [1.807, 2.05) is 6.07 Å². The summed E-state index contributed by atoms with van der Waals surface area (Å²) in [5, 5.41) is 1.26. The Bertz CT molecular complexity index is 843. The number of piperidine rings is 2. The van der Waals surface area contributed by atoms with Crippen LogP contribution in [0.5, 0.6) is 5.75 Å². The number of rotatable bonds is 2. The van der Waals surface area contributed by atoms with Gasteiger partial charge in [-0.25, -0.2) is 0 Å². The smallest absolute Gasteiger partial charge is 0.310 e. The van der Waals surface area contributed by atoms with Crippen molar-refractivity contribution in [3.8, 4) is 5.75 Å². The average Bonchev–Trinajstić information content (AvgIpc) is 2.97. The number of ether oxygens (including phenoxy) is 2. The molecule has 5 atom stereocenters. The summed E-state index contributed by atoms with van der Waals surface area (Å²) in [6.45, 7) is 2.14. The number of benzene rings is 1. The summed E-state index contributed by atoms with van der Waals surface area (Å²) in [6, 6.07) is 6.54. The minimum absolute atomic E-state index is 0.00371. The first-order valence-electron chi connectivity index (χ1n) is 9.20. The van der Waals surface area contributed by atoms with Crippen LogP contribution in [0.2, 0.25) is 0 Å². The van der Waals surface area contributed by atoms with Crippen molar-refractivity contribution in [2.45, 2.75) is 31.2 Å². The number of hydrogen-bond donors (Lipinski definition) is 1. The van der Waals surface area contributed by atoms with E-state index in [0.29, 0.717) is 11.8 Å². The van der Waals surface area contributed by atoms with Crippen molar-refractivity contribution in [2.75, 3.05) is 27.3 Å². The molecule has 1 aliphatic carbocycles. The molecule has 1 saturated carbocycles. The Balaban J connectivity index is 1.67. The summed E-state index contributed by atoms with van der Waals surface area (Å²) >= 11 is 0. The summed E-state index contributed by atoms with van der Waals surface area (Å²) in [5.74, 6) is 1.84. The standard InChI is InChI=1S/C20H24N2O3/c1-24-12-3-4-16-13(9-12)18-14-7-11-8-15(20(23)25-2)19(14)22(10-11)6-5-17(18)21-16/h3-4,9,11,14-15,19,21H,5-8,10H2,1-2H3/t11-,14-,15+,19+/m0/s1. The van der Waals surface area contributed by atoms with Gasteiger partial charge in [0.15, 0.2) is 0 Å². The summed E-state index contributed by atoms with van der Waals surface area (Å²) in [7, 11) is 3.23. The molecule has 1 unspecified atom stereocenters. The van der Waals surface area contributed by atoms with Crippen LogP contribution in [-0.4, -0.2) is 49.2 Å². The fraction of sp³-hybridized carbons (Fsp3) is 0.550. The Labute approximate surface area is 147 Å². The second-order valence-electron chi connectivity index (χ2n) is 7.74. The van der Waals surface area contributed by atoms with Crippen LogP contribution in [0.1, 0.15) is 30.0 Å². The fourth-order valence-corrected chi connectivity index (χ4v) is 5.65. The maximum Gasteiger partial charge on any atom is 0.310 e. The quantitative estimate of drug-likeness (QED) is 0.854. The van der Waals surface area contributed by atoms with Gasteiger partial charge in [-0.2, -0.15) is 0 Å². The predicted molar refractivity (Wildman–Crippen MR) is 94.9 cm³/mol. The summed E-state index contributed by atoms with van der Waals surface area (Å²) in [4.78, 5) is 18.6. The number of aromatic nitrogens is 1. The highest BCUT2D eigenvalue weighted by atomic mass is 16.5. The van der Waals surface area contributed by atoms with Gasteiger partial charge < -0.3 is 14.5 Å². The molecule has 132 valence electrons. The summed E-state index contributed by atoms with van der Waals surface area (Å²) in [5.41, 5.74) is 3.93. The number of nitrogens with zero attached hydrogens (tertiary/aromatic N) is 1. The highest BCUT2D eigenvalue weighted by molar-refractivity contribution is 5.87. The number of fused-ring (bicyclic) bond motifs is 4. The van der Waals surface area contributed by atoms with Gasteiger partial charge >= 0.3 is 5.97 Å². The van der Waals surface area contributed by atoms with Crippen molar-refractivity contribution in [2.24, 2.45) is 11.8 Å². The zero-order valence-electron chi connectivity index (χ0n) is 14.7. The molecule has 2 aromatic rings. The third kappa shape index (κ3) is 2.15. The molecule has 3 fully saturated rings. The van der Waals surface area contributed by atoms with E-state index < -0.39 is 0 Å². The molecule has 25 heavy (non-hydrogen) atoms. The van der Waals surface area contributed by atoms with Gasteiger partial charge in [-0.3, -0.25) is 9.69 Å². The molecule has 4 bridgehead atoms. The largest absolute Gasteiger partial charge is 0.497 e. The highest BCUT2D eigenvalue weighted by Gasteiger charge is 2.52. The van der Waals surface area contributed by atoms with Crippen LogP contribution in [0.25, 0.3) is 10.9 Å². The van der Waals surface area contributed by atoms with Crippen molar-refractivity contribution in [3.05, 3.63) is 29.5 Å². The minimum Gasteiger partial charge on any atom is -0.497 e. The number of aromatic amines is 1. The van der Waals surface area contributed by atoms with Gasteiger partial charge in [0.25, 0.3) is 0 Å².